The van der Waals surface area contributed by atoms with Crippen LogP contribution in [0.25, 0.3) is 16.3 Å². The van der Waals surface area contributed by atoms with Crippen molar-refractivity contribution in [3.8, 4) is 0 Å². The van der Waals surface area contributed by atoms with Crippen LogP contribution in [0.3, 0.4) is 0 Å². The molecule has 3 unspecified atom stereocenters. The lowest BCUT2D eigenvalue weighted by Gasteiger charge is -2.29. The van der Waals surface area contributed by atoms with Gasteiger partial charge in [0.25, 0.3) is 5.01 Å². The highest BCUT2D eigenvalue weighted by molar-refractivity contribution is 8.07. The molecule has 13 heteroatoms. The smallest absolute Gasteiger partial charge is 0.263 e. The summed E-state index contributed by atoms with van der Waals surface area (Å²) in [5.74, 6) is 0. The van der Waals surface area contributed by atoms with Crippen molar-refractivity contribution in [1.82, 2.24) is 9.88 Å². The van der Waals surface area contributed by atoms with Crippen LogP contribution < -0.4 is 4.57 Å². The standard InChI is InChI=1S/C28H36N2O6S4.C5H5N/c1-18-6-8-23-25(14-18)37-27(29(23)12-10-21(4)39(31,32)33)16-20(3)17-28-30(13-11-22(5)40(34,35)36)24-9-7-19(2)15-26(24)38-28;1-2-4-6-5-3-1/h6-8,14-17,21-22,24H,9-13H2,1-5H3,(H-,31,32,33,34,35,36);1-5H/p-1. The van der Waals surface area contributed by atoms with E-state index in [2.05, 4.69) is 51.7 Å². The number of aromatic nitrogens is 2. The minimum atomic E-state index is -4.37. The molecule has 1 fully saturated rings. The molecule has 0 spiro atoms. The fraction of sp³-hybridized carbons (Fsp3) is 0.394. The van der Waals surface area contributed by atoms with Crippen LogP contribution in [0.4, 0.5) is 0 Å². The van der Waals surface area contributed by atoms with Crippen LogP contribution in [0.5, 0.6) is 0 Å². The molecule has 2 aliphatic rings. The van der Waals surface area contributed by atoms with Gasteiger partial charge in [0.15, 0.2) is 6.54 Å². The molecule has 0 bridgehead atoms. The van der Waals surface area contributed by atoms with E-state index >= 15 is 0 Å². The maximum absolute atomic E-state index is 11.5. The van der Waals surface area contributed by atoms with Crippen LogP contribution in [0, 0.1) is 6.92 Å². The second kappa shape index (κ2) is 15.4. The van der Waals surface area contributed by atoms with Crippen LogP contribution in [0.2, 0.25) is 0 Å². The third kappa shape index (κ3) is 9.61. The van der Waals surface area contributed by atoms with Crippen LogP contribution in [-0.2, 0) is 26.8 Å². The zero-order valence-electron chi connectivity index (χ0n) is 26.6. The predicted molar refractivity (Wildman–Crippen MR) is 185 cm³/mol. The summed E-state index contributed by atoms with van der Waals surface area (Å²) >= 11 is 3.28. The van der Waals surface area contributed by atoms with E-state index in [1.165, 1.54) is 24.3 Å². The summed E-state index contributed by atoms with van der Waals surface area (Å²) in [4.78, 5) is 7.19. The fourth-order valence-electron chi connectivity index (χ4n) is 5.10. The van der Waals surface area contributed by atoms with Crippen molar-refractivity contribution in [1.29, 1.82) is 0 Å². The molecule has 1 aliphatic carbocycles. The number of allylic oxidation sites excluding steroid dienone is 4. The lowest BCUT2D eigenvalue weighted by Crippen LogP contribution is -2.37. The number of hydrogen-bond acceptors (Lipinski definition) is 10. The van der Waals surface area contributed by atoms with Gasteiger partial charge in [0.2, 0.25) is 5.52 Å². The van der Waals surface area contributed by atoms with Gasteiger partial charge in [-0.3, -0.25) is 4.98 Å². The number of benzene rings is 1. The number of pyridine rings is 1. The molecule has 0 N–H and O–H groups in total. The van der Waals surface area contributed by atoms with Crippen LogP contribution >= 0.6 is 23.1 Å². The summed E-state index contributed by atoms with van der Waals surface area (Å²) in [5, 5.41) is -0.0122. The molecule has 1 saturated heterocycles. The second-order valence-electron chi connectivity index (χ2n) is 11.7. The van der Waals surface area contributed by atoms with E-state index in [-0.39, 0.29) is 18.9 Å². The lowest BCUT2D eigenvalue weighted by molar-refractivity contribution is -0.669. The molecule has 5 rings (SSSR count). The molecule has 0 saturated carbocycles. The Balaban J connectivity index is 0.000000717. The molecule has 3 aromatic rings. The van der Waals surface area contributed by atoms with Crippen molar-refractivity contribution >= 4 is 59.6 Å². The maximum atomic E-state index is 11.5. The van der Waals surface area contributed by atoms with Gasteiger partial charge in [0, 0.05) is 47.7 Å². The van der Waals surface area contributed by atoms with Crippen molar-refractivity contribution < 1.29 is 30.5 Å². The molecule has 0 radical (unpaired) electrons. The van der Waals surface area contributed by atoms with Gasteiger partial charge in [-0.2, -0.15) is 4.57 Å². The number of aryl methyl sites for hydroxylation is 2. The molecule has 3 heterocycles. The monoisotopic (exact) mass is 702 g/mol. The highest BCUT2D eigenvalue weighted by Crippen LogP contribution is 2.46. The van der Waals surface area contributed by atoms with Gasteiger partial charge in [0.05, 0.1) is 36.6 Å². The minimum absolute atomic E-state index is 0.113. The third-order valence-electron chi connectivity index (χ3n) is 7.92. The van der Waals surface area contributed by atoms with Crippen LogP contribution in [0.15, 0.2) is 88.1 Å². The van der Waals surface area contributed by atoms with E-state index in [1.807, 2.05) is 44.2 Å². The van der Waals surface area contributed by atoms with Crippen molar-refractivity contribution in [2.75, 3.05) is 6.54 Å². The van der Waals surface area contributed by atoms with E-state index in [0.717, 1.165) is 37.8 Å². The molecule has 0 amide bonds. The summed E-state index contributed by atoms with van der Waals surface area (Å²) in [6, 6.07) is 12.0. The Morgan fingerprint density at radius 1 is 1.07 bits per heavy atom. The highest BCUT2D eigenvalue weighted by atomic mass is 32.2. The summed E-state index contributed by atoms with van der Waals surface area (Å²) in [6.07, 6.45) is 13.3. The van der Waals surface area contributed by atoms with Crippen molar-refractivity contribution in [3.05, 3.63) is 98.7 Å². The van der Waals surface area contributed by atoms with Crippen LogP contribution in [-0.4, -0.2) is 58.9 Å². The number of fused-ring (bicyclic) bond motifs is 2. The molecule has 1 aromatic carbocycles. The van der Waals surface area contributed by atoms with Gasteiger partial charge in [0.1, 0.15) is 4.70 Å². The number of nitrogens with zero attached hydrogens (tertiary/aromatic N) is 3. The molecule has 1 aliphatic heterocycles. The average Bonchev–Trinajstić information content (AvgIpc) is 3.49. The van der Waals surface area contributed by atoms with Gasteiger partial charge in [-0.15, -0.1) is 0 Å². The molecule has 3 atom stereocenters. The first kappa shape index (κ1) is 36.0. The highest BCUT2D eigenvalue weighted by Gasteiger charge is 2.34. The summed E-state index contributed by atoms with van der Waals surface area (Å²) in [5.41, 5.74) is 4.28. The molecule has 46 heavy (non-hydrogen) atoms. The molecule has 248 valence electrons. The Bertz CT molecular complexity index is 1850. The van der Waals surface area contributed by atoms with E-state index < -0.39 is 30.7 Å². The predicted octanol–water partition coefficient (Wildman–Crippen LogP) is 6.12. The average molecular weight is 703 g/mol. The van der Waals surface area contributed by atoms with Gasteiger partial charge in [-0.25, -0.2) is 16.8 Å². The van der Waals surface area contributed by atoms with Crippen molar-refractivity contribution in [2.45, 2.75) is 77.0 Å². The number of thioether (sulfide) groups is 1. The zero-order valence-corrected chi connectivity index (χ0v) is 29.9. The Labute approximate surface area is 280 Å². The topological polar surface area (TPSA) is 134 Å². The Morgan fingerprint density at radius 2 is 1.74 bits per heavy atom. The summed E-state index contributed by atoms with van der Waals surface area (Å²) in [7, 11) is -8.72. The Hall–Kier alpha value is -2.81. The summed E-state index contributed by atoms with van der Waals surface area (Å²) < 4.78 is 72.3. The first-order valence-corrected chi connectivity index (χ1v) is 19.6. The Kier molecular flexibility index (Phi) is 12.1. The Morgan fingerprint density at radius 3 is 2.35 bits per heavy atom. The first-order valence-electron chi connectivity index (χ1n) is 15.0. The normalized spacial score (nSPS) is 19.3. The van der Waals surface area contributed by atoms with Crippen molar-refractivity contribution in [3.63, 3.8) is 0 Å². The van der Waals surface area contributed by atoms with Crippen molar-refractivity contribution in [2.24, 2.45) is 0 Å². The summed E-state index contributed by atoms with van der Waals surface area (Å²) in [6.45, 7) is 9.84. The fourth-order valence-corrected chi connectivity index (χ4v) is 8.61. The lowest BCUT2D eigenvalue weighted by atomic mass is 10.0. The van der Waals surface area contributed by atoms with Crippen LogP contribution in [0.1, 0.15) is 57.5 Å². The number of hydrogen-bond donors (Lipinski definition) is 0. The number of thiazole rings is 1. The molecular weight excluding hydrogens is 663 g/mol. The van der Waals surface area contributed by atoms with Gasteiger partial charge >= 0.3 is 0 Å². The van der Waals surface area contributed by atoms with E-state index in [9.17, 15) is 25.9 Å². The maximum Gasteiger partial charge on any atom is 0.263 e. The molecule has 2 aromatic heterocycles. The quantitative estimate of drug-likeness (QED) is 0.181. The van der Waals surface area contributed by atoms with Gasteiger partial charge in [-0.1, -0.05) is 46.9 Å². The molecule has 9 nitrogen and oxygen atoms in total. The second-order valence-corrected chi connectivity index (χ2v) is 17.4. The van der Waals surface area contributed by atoms with Gasteiger partial charge < -0.3 is 14.0 Å². The zero-order chi connectivity index (χ0) is 33.6. The minimum Gasteiger partial charge on any atom is -0.748 e. The van der Waals surface area contributed by atoms with E-state index in [4.69, 9.17) is 0 Å². The van der Waals surface area contributed by atoms with E-state index in [0.29, 0.717) is 13.1 Å². The molecular formula is C33H40N3O6S4-. The third-order valence-corrected chi connectivity index (χ3v) is 12.6. The SMILES string of the molecule is CC1=CCC2C(=C1)S/C(=C\C(C)=C\c1sc3cc(C)ccc3[n+]1CCC(C)S(=O)(=O)[O-])N2CCC(C)S(=O)(=O)[O-].c1ccncc1. The number of rotatable bonds is 10. The van der Waals surface area contributed by atoms with Gasteiger partial charge in [-0.05, 0) is 88.9 Å². The first-order chi connectivity index (χ1) is 21.6. The van der Waals surface area contributed by atoms with E-state index in [1.54, 1.807) is 35.5 Å². The largest absolute Gasteiger partial charge is 0.748 e.